The van der Waals surface area contributed by atoms with E-state index in [0.717, 1.165) is 22.1 Å². The molecule has 0 aliphatic carbocycles. The highest BCUT2D eigenvalue weighted by Crippen LogP contribution is 2.18. The third-order valence-electron chi connectivity index (χ3n) is 2.69. The summed E-state index contributed by atoms with van der Waals surface area (Å²) in [6.07, 6.45) is 3.41. The maximum absolute atomic E-state index is 5.54. The number of H-pyrrole nitrogens is 1. The van der Waals surface area contributed by atoms with E-state index in [1.807, 2.05) is 20.0 Å². The molecule has 3 rings (SSSR count). The van der Waals surface area contributed by atoms with Crippen molar-refractivity contribution in [3.05, 3.63) is 30.6 Å². The minimum absolute atomic E-state index is 0.251. The molecule has 0 amide bonds. The standard InChI is InChI=1S/C11H11BN6/c12-8-4-7(3-6-5-15-18-10(6)8)16-9-1-2-14-11(13)17-9/h1-5H,12H2,(H,15,18)(H3,13,14,16,17). The Morgan fingerprint density at radius 2 is 2.22 bits per heavy atom. The van der Waals surface area contributed by atoms with E-state index in [4.69, 9.17) is 5.73 Å². The first-order valence-electron chi connectivity index (χ1n) is 5.51. The van der Waals surface area contributed by atoms with Crippen molar-refractivity contribution in [1.29, 1.82) is 0 Å². The zero-order valence-electron chi connectivity index (χ0n) is 9.81. The first-order chi connectivity index (χ1) is 8.72. The van der Waals surface area contributed by atoms with E-state index in [-0.39, 0.29) is 5.95 Å². The zero-order valence-corrected chi connectivity index (χ0v) is 9.81. The number of aromatic nitrogens is 4. The van der Waals surface area contributed by atoms with Crippen molar-refractivity contribution in [3.63, 3.8) is 0 Å². The molecular formula is C11H11BN6. The molecule has 88 valence electrons. The SMILES string of the molecule is Bc1cc(Nc2ccnc(N)n2)cc2cn[nH]c12. The molecule has 0 spiro atoms. The number of nitrogen functional groups attached to an aromatic ring is 1. The molecule has 18 heavy (non-hydrogen) atoms. The Balaban J connectivity index is 1.99. The molecule has 2 aromatic heterocycles. The minimum atomic E-state index is 0.251. The molecule has 4 N–H and O–H groups in total. The molecule has 0 saturated carbocycles. The summed E-state index contributed by atoms with van der Waals surface area (Å²) in [5, 5.41) is 11.2. The first-order valence-corrected chi connectivity index (χ1v) is 5.51. The van der Waals surface area contributed by atoms with E-state index in [2.05, 4.69) is 25.5 Å². The summed E-state index contributed by atoms with van der Waals surface area (Å²) in [6, 6.07) is 5.80. The lowest BCUT2D eigenvalue weighted by Gasteiger charge is -2.07. The monoisotopic (exact) mass is 238 g/mol. The van der Waals surface area contributed by atoms with Gasteiger partial charge in [-0.1, -0.05) is 5.46 Å². The number of aromatic amines is 1. The van der Waals surface area contributed by atoms with E-state index in [1.54, 1.807) is 18.5 Å². The summed E-state index contributed by atoms with van der Waals surface area (Å²) in [6.45, 7) is 0. The largest absolute Gasteiger partial charge is 0.368 e. The van der Waals surface area contributed by atoms with Crippen LogP contribution in [0, 0.1) is 0 Å². The van der Waals surface area contributed by atoms with Gasteiger partial charge in [-0.3, -0.25) is 5.10 Å². The quantitative estimate of drug-likeness (QED) is 0.544. The van der Waals surface area contributed by atoms with Crippen LogP contribution in [0.1, 0.15) is 0 Å². The normalized spacial score (nSPS) is 10.7. The molecule has 0 fully saturated rings. The highest BCUT2D eigenvalue weighted by molar-refractivity contribution is 6.38. The Morgan fingerprint density at radius 1 is 1.33 bits per heavy atom. The second-order valence-corrected chi connectivity index (χ2v) is 4.05. The van der Waals surface area contributed by atoms with Crippen molar-refractivity contribution in [2.45, 2.75) is 0 Å². The van der Waals surface area contributed by atoms with E-state index in [9.17, 15) is 0 Å². The molecular weight excluding hydrogens is 227 g/mol. The summed E-state index contributed by atoms with van der Waals surface area (Å²) in [5.41, 5.74) is 8.65. The van der Waals surface area contributed by atoms with Gasteiger partial charge in [0.2, 0.25) is 5.95 Å². The van der Waals surface area contributed by atoms with E-state index >= 15 is 0 Å². The van der Waals surface area contributed by atoms with Gasteiger partial charge in [0, 0.05) is 17.3 Å². The number of benzene rings is 1. The number of fused-ring (bicyclic) bond motifs is 1. The van der Waals surface area contributed by atoms with Gasteiger partial charge in [0.1, 0.15) is 13.7 Å². The lowest BCUT2D eigenvalue weighted by atomic mass is 9.93. The second kappa shape index (κ2) is 4.03. The fraction of sp³-hybridized carbons (Fsp3) is 0. The fourth-order valence-electron chi connectivity index (χ4n) is 1.90. The molecule has 1 aromatic carbocycles. The van der Waals surface area contributed by atoms with Crippen LogP contribution >= 0.6 is 0 Å². The fourth-order valence-corrected chi connectivity index (χ4v) is 1.90. The van der Waals surface area contributed by atoms with Gasteiger partial charge in [-0.25, -0.2) is 4.98 Å². The van der Waals surface area contributed by atoms with Gasteiger partial charge >= 0.3 is 0 Å². The van der Waals surface area contributed by atoms with Crippen LogP contribution < -0.4 is 16.5 Å². The average Bonchev–Trinajstić information content (AvgIpc) is 2.77. The van der Waals surface area contributed by atoms with Crippen LogP contribution in [0.5, 0.6) is 0 Å². The van der Waals surface area contributed by atoms with Crippen LogP contribution in [-0.4, -0.2) is 28.0 Å². The van der Waals surface area contributed by atoms with Crippen LogP contribution in [0.4, 0.5) is 17.5 Å². The predicted molar refractivity (Wildman–Crippen MR) is 74.0 cm³/mol. The smallest absolute Gasteiger partial charge is 0.221 e. The predicted octanol–water partition coefficient (Wildman–Crippen LogP) is -0.0629. The summed E-state index contributed by atoms with van der Waals surface area (Å²) in [5.74, 6) is 0.922. The Hall–Kier alpha value is -2.57. The summed E-state index contributed by atoms with van der Waals surface area (Å²) in [4.78, 5) is 7.95. The molecule has 0 saturated heterocycles. The van der Waals surface area contributed by atoms with Crippen molar-refractivity contribution < 1.29 is 0 Å². The van der Waals surface area contributed by atoms with E-state index in [1.165, 1.54) is 0 Å². The highest BCUT2D eigenvalue weighted by atomic mass is 15.1. The molecule has 7 heteroatoms. The molecule has 0 aliphatic rings. The second-order valence-electron chi connectivity index (χ2n) is 4.05. The van der Waals surface area contributed by atoms with Crippen LogP contribution in [0.25, 0.3) is 10.9 Å². The molecule has 0 unspecified atom stereocenters. The van der Waals surface area contributed by atoms with Crippen LogP contribution in [0.15, 0.2) is 30.6 Å². The van der Waals surface area contributed by atoms with E-state index in [0.29, 0.717) is 5.82 Å². The third-order valence-corrected chi connectivity index (χ3v) is 2.69. The summed E-state index contributed by atoms with van der Waals surface area (Å²) < 4.78 is 0. The van der Waals surface area contributed by atoms with Crippen LogP contribution in [-0.2, 0) is 0 Å². The number of hydrogen-bond acceptors (Lipinski definition) is 5. The number of nitrogens with two attached hydrogens (primary N) is 1. The number of rotatable bonds is 2. The zero-order chi connectivity index (χ0) is 12.5. The van der Waals surface area contributed by atoms with Crippen molar-refractivity contribution in [2.24, 2.45) is 0 Å². The maximum Gasteiger partial charge on any atom is 0.221 e. The van der Waals surface area contributed by atoms with Gasteiger partial charge in [0.15, 0.2) is 0 Å². The van der Waals surface area contributed by atoms with Crippen molar-refractivity contribution >= 4 is 41.7 Å². The Kier molecular flexibility index (Phi) is 2.37. The van der Waals surface area contributed by atoms with Crippen molar-refractivity contribution in [2.75, 3.05) is 11.1 Å². The van der Waals surface area contributed by atoms with Crippen LogP contribution in [0.2, 0.25) is 0 Å². The van der Waals surface area contributed by atoms with Gasteiger partial charge in [0.25, 0.3) is 0 Å². The lowest BCUT2D eigenvalue weighted by molar-refractivity contribution is 1.12. The minimum Gasteiger partial charge on any atom is -0.368 e. The Morgan fingerprint density at radius 3 is 3.06 bits per heavy atom. The third kappa shape index (κ3) is 1.86. The van der Waals surface area contributed by atoms with Gasteiger partial charge in [0.05, 0.1) is 11.7 Å². The Bertz CT molecular complexity index is 708. The molecule has 0 radical (unpaired) electrons. The molecule has 0 atom stereocenters. The van der Waals surface area contributed by atoms with Gasteiger partial charge in [-0.15, -0.1) is 0 Å². The van der Waals surface area contributed by atoms with Gasteiger partial charge in [-0.2, -0.15) is 10.1 Å². The van der Waals surface area contributed by atoms with Gasteiger partial charge in [-0.05, 0) is 18.2 Å². The number of nitrogens with one attached hydrogen (secondary N) is 2. The highest BCUT2D eigenvalue weighted by Gasteiger charge is 2.03. The summed E-state index contributed by atoms with van der Waals surface area (Å²) >= 11 is 0. The topological polar surface area (TPSA) is 92.5 Å². The van der Waals surface area contributed by atoms with Crippen molar-refractivity contribution in [1.82, 2.24) is 20.2 Å². The van der Waals surface area contributed by atoms with E-state index < -0.39 is 0 Å². The first kappa shape index (κ1) is 10.6. The average molecular weight is 238 g/mol. The molecule has 2 heterocycles. The summed E-state index contributed by atoms with van der Waals surface area (Å²) in [7, 11) is 2.03. The molecule has 3 aromatic rings. The number of anilines is 3. The molecule has 0 aliphatic heterocycles. The molecule has 0 bridgehead atoms. The number of nitrogens with zero attached hydrogens (tertiary/aromatic N) is 3. The van der Waals surface area contributed by atoms with Crippen molar-refractivity contribution in [3.8, 4) is 0 Å². The maximum atomic E-state index is 5.54. The van der Waals surface area contributed by atoms with Crippen LogP contribution in [0.3, 0.4) is 0 Å². The lowest BCUT2D eigenvalue weighted by Crippen LogP contribution is -2.06. The Labute approximate surface area is 104 Å². The molecule has 6 nitrogen and oxygen atoms in total. The number of hydrogen-bond donors (Lipinski definition) is 3. The van der Waals surface area contributed by atoms with Gasteiger partial charge < -0.3 is 11.1 Å².